The molecule has 0 unspecified atom stereocenters. The number of hydrogen-bond donors (Lipinski definition) is 2. The lowest BCUT2D eigenvalue weighted by molar-refractivity contribution is -0.276. The second-order valence-corrected chi connectivity index (χ2v) is 3.04. The van der Waals surface area contributed by atoms with Gasteiger partial charge < -0.3 is 14.8 Å². The van der Waals surface area contributed by atoms with Crippen LogP contribution in [0.3, 0.4) is 0 Å². The monoisotopic (exact) mass is 277 g/mol. The van der Waals surface area contributed by atoms with Crippen molar-refractivity contribution in [1.29, 1.82) is 0 Å². The molecule has 0 aliphatic rings. The lowest BCUT2D eigenvalue weighted by Gasteiger charge is -2.13. The van der Waals surface area contributed by atoms with Gasteiger partial charge in [0.25, 0.3) is 0 Å². The van der Waals surface area contributed by atoms with E-state index in [0.29, 0.717) is 0 Å². The Morgan fingerprint density at radius 1 is 1.22 bits per heavy atom. The maximum absolute atomic E-state index is 12.3. The maximum atomic E-state index is 12.3. The van der Waals surface area contributed by atoms with Crippen LogP contribution in [0.25, 0.3) is 0 Å². The van der Waals surface area contributed by atoms with Gasteiger partial charge in [0.15, 0.2) is 0 Å². The van der Waals surface area contributed by atoms with E-state index in [4.69, 9.17) is 5.11 Å². The van der Waals surface area contributed by atoms with Crippen LogP contribution < -0.4 is 10.2 Å². The standard InChI is InChI=1S/C8H5F6NO3/c9-7(10,11)4-1-15-6(18-8(12,13)14)3(2-16)5(4)17/h1,16H,2H2,(H,15,17). The van der Waals surface area contributed by atoms with Gasteiger partial charge >= 0.3 is 12.5 Å². The highest BCUT2D eigenvalue weighted by molar-refractivity contribution is 5.31. The minimum atomic E-state index is -5.20. The zero-order chi connectivity index (χ0) is 14.1. The van der Waals surface area contributed by atoms with Crippen molar-refractivity contribution < 1.29 is 36.2 Å². The molecule has 102 valence electrons. The van der Waals surface area contributed by atoms with E-state index in [1.807, 2.05) is 0 Å². The molecule has 0 aliphatic carbocycles. The molecular weight excluding hydrogens is 272 g/mol. The molecule has 0 spiro atoms. The number of rotatable bonds is 2. The summed E-state index contributed by atoms with van der Waals surface area (Å²) in [6, 6.07) is 0. The van der Waals surface area contributed by atoms with Gasteiger partial charge in [0, 0.05) is 6.20 Å². The van der Waals surface area contributed by atoms with E-state index in [1.165, 1.54) is 4.98 Å². The number of aromatic amines is 1. The molecular formula is C8H5F6NO3. The Hall–Kier alpha value is -1.71. The topological polar surface area (TPSA) is 62.3 Å². The molecule has 0 bridgehead atoms. The summed E-state index contributed by atoms with van der Waals surface area (Å²) in [6.45, 7) is -1.33. The molecule has 0 atom stereocenters. The number of H-pyrrole nitrogens is 1. The van der Waals surface area contributed by atoms with Crippen LogP contribution in [0.5, 0.6) is 5.88 Å². The number of aromatic nitrogens is 1. The fourth-order valence-electron chi connectivity index (χ4n) is 1.12. The Kier molecular flexibility index (Phi) is 3.60. The number of aliphatic hydroxyl groups excluding tert-OH is 1. The number of alkyl halides is 6. The molecule has 0 amide bonds. The molecule has 1 heterocycles. The molecule has 1 aromatic heterocycles. The van der Waals surface area contributed by atoms with Gasteiger partial charge in [0.1, 0.15) is 5.56 Å². The van der Waals surface area contributed by atoms with E-state index in [1.54, 1.807) is 0 Å². The molecule has 0 aromatic carbocycles. The minimum Gasteiger partial charge on any atom is -0.391 e. The van der Waals surface area contributed by atoms with Crippen molar-refractivity contribution in [3.8, 4) is 5.88 Å². The van der Waals surface area contributed by atoms with Gasteiger partial charge in [0.2, 0.25) is 11.3 Å². The van der Waals surface area contributed by atoms with E-state index < -0.39 is 41.6 Å². The van der Waals surface area contributed by atoms with Crippen LogP contribution in [-0.4, -0.2) is 16.5 Å². The van der Waals surface area contributed by atoms with Crippen LogP contribution in [0.2, 0.25) is 0 Å². The normalized spacial score (nSPS) is 12.6. The van der Waals surface area contributed by atoms with Crippen molar-refractivity contribution in [1.82, 2.24) is 4.98 Å². The number of hydrogen-bond acceptors (Lipinski definition) is 3. The van der Waals surface area contributed by atoms with Gasteiger partial charge in [-0.3, -0.25) is 4.79 Å². The van der Waals surface area contributed by atoms with E-state index >= 15 is 0 Å². The highest BCUT2D eigenvalue weighted by atomic mass is 19.4. The van der Waals surface area contributed by atoms with Crippen LogP contribution in [0.15, 0.2) is 11.0 Å². The maximum Gasteiger partial charge on any atom is 0.574 e. The highest BCUT2D eigenvalue weighted by Crippen LogP contribution is 2.29. The predicted octanol–water partition coefficient (Wildman–Crippen LogP) is 1.78. The SMILES string of the molecule is O=c1c(C(F)(F)F)c[nH]c(OC(F)(F)F)c1CO. The first-order valence-corrected chi connectivity index (χ1v) is 4.24. The molecule has 0 radical (unpaired) electrons. The Morgan fingerprint density at radius 2 is 1.78 bits per heavy atom. The van der Waals surface area contributed by atoms with Gasteiger partial charge in [-0.25, -0.2) is 0 Å². The Bertz CT molecular complexity index is 489. The van der Waals surface area contributed by atoms with Crippen molar-refractivity contribution in [2.45, 2.75) is 19.1 Å². The smallest absolute Gasteiger partial charge is 0.391 e. The fourth-order valence-corrected chi connectivity index (χ4v) is 1.12. The van der Waals surface area contributed by atoms with Crippen LogP contribution in [0.4, 0.5) is 26.3 Å². The van der Waals surface area contributed by atoms with Gasteiger partial charge in [-0.1, -0.05) is 0 Å². The summed E-state index contributed by atoms with van der Waals surface area (Å²) >= 11 is 0. The van der Waals surface area contributed by atoms with Gasteiger partial charge in [-0.05, 0) is 0 Å². The lowest BCUT2D eigenvalue weighted by Crippen LogP contribution is -2.26. The summed E-state index contributed by atoms with van der Waals surface area (Å²) in [4.78, 5) is 12.7. The number of pyridine rings is 1. The molecule has 0 saturated heterocycles. The third-order valence-electron chi connectivity index (χ3n) is 1.82. The highest BCUT2D eigenvalue weighted by Gasteiger charge is 2.37. The van der Waals surface area contributed by atoms with Gasteiger partial charge in [-0.2, -0.15) is 13.2 Å². The second-order valence-electron chi connectivity index (χ2n) is 3.04. The Balaban J connectivity index is 3.35. The average Bonchev–Trinajstić information content (AvgIpc) is 2.13. The van der Waals surface area contributed by atoms with E-state index in [0.717, 1.165) is 0 Å². The molecule has 4 nitrogen and oxygen atoms in total. The Morgan fingerprint density at radius 3 is 2.17 bits per heavy atom. The zero-order valence-corrected chi connectivity index (χ0v) is 8.32. The first kappa shape index (κ1) is 14.4. The van der Waals surface area contributed by atoms with E-state index in [9.17, 15) is 31.1 Å². The average molecular weight is 277 g/mol. The van der Waals surface area contributed by atoms with Gasteiger partial charge in [-0.15, -0.1) is 13.2 Å². The summed E-state index contributed by atoms with van der Waals surface area (Å²) in [7, 11) is 0. The Labute approximate surface area is 94.8 Å². The van der Waals surface area contributed by atoms with Crippen molar-refractivity contribution in [2.75, 3.05) is 0 Å². The zero-order valence-electron chi connectivity index (χ0n) is 8.32. The summed E-state index contributed by atoms with van der Waals surface area (Å²) < 4.78 is 75.7. The third-order valence-corrected chi connectivity index (χ3v) is 1.82. The largest absolute Gasteiger partial charge is 0.574 e. The molecule has 1 aromatic rings. The summed E-state index contributed by atoms with van der Waals surface area (Å²) in [5, 5.41) is 8.65. The molecule has 18 heavy (non-hydrogen) atoms. The molecule has 0 saturated carbocycles. The lowest BCUT2D eigenvalue weighted by atomic mass is 10.2. The first-order chi connectivity index (χ1) is 8.06. The molecule has 2 N–H and O–H groups in total. The van der Waals surface area contributed by atoms with Crippen molar-refractivity contribution >= 4 is 0 Å². The van der Waals surface area contributed by atoms with E-state index in [2.05, 4.69) is 4.74 Å². The van der Waals surface area contributed by atoms with Crippen LogP contribution in [0.1, 0.15) is 11.1 Å². The van der Waals surface area contributed by atoms with Crippen molar-refractivity contribution in [3.05, 3.63) is 27.5 Å². The van der Waals surface area contributed by atoms with Crippen LogP contribution >= 0.6 is 0 Å². The second kappa shape index (κ2) is 4.52. The number of aliphatic hydroxyl groups is 1. The quantitative estimate of drug-likeness (QED) is 0.810. The fraction of sp³-hybridized carbons (Fsp3) is 0.375. The van der Waals surface area contributed by atoms with E-state index in [-0.39, 0.29) is 6.20 Å². The number of ether oxygens (including phenoxy) is 1. The molecule has 10 heteroatoms. The predicted molar refractivity (Wildman–Crippen MR) is 44.7 cm³/mol. The molecule has 0 fully saturated rings. The molecule has 1 rings (SSSR count). The summed E-state index contributed by atoms with van der Waals surface area (Å²) in [5.74, 6) is -1.28. The number of halogens is 6. The van der Waals surface area contributed by atoms with Gasteiger partial charge in [0.05, 0.1) is 12.2 Å². The summed E-state index contributed by atoms with van der Waals surface area (Å²) in [6.07, 6.45) is -10.2. The first-order valence-electron chi connectivity index (χ1n) is 4.24. The van der Waals surface area contributed by atoms with Crippen LogP contribution in [-0.2, 0) is 12.8 Å². The number of nitrogens with one attached hydrogen (secondary N) is 1. The molecule has 0 aliphatic heterocycles. The summed E-state index contributed by atoms with van der Waals surface area (Å²) in [5.41, 5.74) is -4.65. The van der Waals surface area contributed by atoms with Crippen LogP contribution in [0, 0.1) is 0 Å². The van der Waals surface area contributed by atoms with Crippen molar-refractivity contribution in [3.63, 3.8) is 0 Å². The third kappa shape index (κ3) is 3.15. The minimum absolute atomic E-state index is 0.0442. The van der Waals surface area contributed by atoms with Crippen molar-refractivity contribution in [2.24, 2.45) is 0 Å².